The average molecular weight is 430 g/mol. The van der Waals surface area contributed by atoms with Crippen LogP contribution in [0.25, 0.3) is 11.5 Å². The van der Waals surface area contributed by atoms with Crippen LogP contribution < -0.4 is 10.6 Å². The summed E-state index contributed by atoms with van der Waals surface area (Å²) in [6.07, 6.45) is 1.42. The van der Waals surface area contributed by atoms with Crippen molar-refractivity contribution in [3.05, 3.63) is 83.6 Å². The number of furan rings is 1. The number of rotatable bonds is 6. The first-order chi connectivity index (χ1) is 15.4. The number of aryl methyl sites for hydroxylation is 1. The van der Waals surface area contributed by atoms with Gasteiger partial charge in [0.05, 0.1) is 17.5 Å². The fourth-order valence-corrected chi connectivity index (χ4v) is 3.12. The number of carbonyl (C=O) groups is 2. The first kappa shape index (κ1) is 21.0. The van der Waals surface area contributed by atoms with E-state index < -0.39 is 5.91 Å². The highest BCUT2D eigenvalue weighted by atomic mass is 16.5. The van der Waals surface area contributed by atoms with Gasteiger partial charge in [0.1, 0.15) is 0 Å². The molecule has 0 aliphatic carbocycles. The zero-order valence-corrected chi connectivity index (χ0v) is 17.9. The number of para-hydroxylation sites is 1. The van der Waals surface area contributed by atoms with Crippen LogP contribution in [0.3, 0.4) is 0 Å². The third-order valence-electron chi connectivity index (χ3n) is 4.83. The van der Waals surface area contributed by atoms with Crippen LogP contribution in [0, 0.1) is 6.92 Å². The predicted octanol–water partition coefficient (Wildman–Crippen LogP) is 5.27. The van der Waals surface area contributed by atoms with E-state index in [1.54, 1.807) is 36.4 Å². The number of carbonyl (C=O) groups excluding carboxylic acids is 2. The fourth-order valence-electron chi connectivity index (χ4n) is 3.12. The molecule has 2 N–H and O–H groups in total. The highest BCUT2D eigenvalue weighted by Gasteiger charge is 2.18. The SMILES string of the molecule is Cc1cccc(-c2nc(C(C)C)no2)c1NC(=O)c1cccc(NC(=O)c2ccco2)c1. The van der Waals surface area contributed by atoms with E-state index in [2.05, 4.69) is 20.8 Å². The maximum atomic E-state index is 13.0. The number of hydrogen-bond donors (Lipinski definition) is 2. The summed E-state index contributed by atoms with van der Waals surface area (Å²) >= 11 is 0. The van der Waals surface area contributed by atoms with Gasteiger partial charge in [0.15, 0.2) is 11.6 Å². The molecule has 2 aromatic heterocycles. The first-order valence-corrected chi connectivity index (χ1v) is 10.1. The van der Waals surface area contributed by atoms with Crippen LogP contribution in [0.2, 0.25) is 0 Å². The molecule has 0 radical (unpaired) electrons. The van der Waals surface area contributed by atoms with Crippen LogP contribution in [-0.2, 0) is 0 Å². The van der Waals surface area contributed by atoms with E-state index in [4.69, 9.17) is 8.94 Å². The Kier molecular flexibility index (Phi) is 5.85. The van der Waals surface area contributed by atoms with Crippen molar-refractivity contribution in [3.63, 3.8) is 0 Å². The smallest absolute Gasteiger partial charge is 0.291 e. The number of nitrogens with one attached hydrogen (secondary N) is 2. The zero-order chi connectivity index (χ0) is 22.7. The largest absolute Gasteiger partial charge is 0.459 e. The summed E-state index contributed by atoms with van der Waals surface area (Å²) in [7, 11) is 0. The van der Waals surface area contributed by atoms with Gasteiger partial charge in [0, 0.05) is 17.2 Å². The number of anilines is 2. The van der Waals surface area contributed by atoms with Crippen molar-refractivity contribution in [3.8, 4) is 11.5 Å². The summed E-state index contributed by atoms with van der Waals surface area (Å²) < 4.78 is 10.5. The Balaban J connectivity index is 1.57. The van der Waals surface area contributed by atoms with Crippen LogP contribution in [-0.4, -0.2) is 22.0 Å². The van der Waals surface area contributed by atoms with Crippen molar-refractivity contribution < 1.29 is 18.5 Å². The highest BCUT2D eigenvalue weighted by Crippen LogP contribution is 2.31. The van der Waals surface area contributed by atoms with E-state index in [1.807, 2.05) is 39.0 Å². The molecule has 0 atom stereocenters. The second kappa shape index (κ2) is 8.89. The monoisotopic (exact) mass is 430 g/mol. The molecule has 0 saturated heterocycles. The Bertz CT molecular complexity index is 1260. The summed E-state index contributed by atoms with van der Waals surface area (Å²) in [5.41, 5.74) is 2.93. The second-order valence-electron chi connectivity index (χ2n) is 7.58. The van der Waals surface area contributed by atoms with Gasteiger partial charge in [0.25, 0.3) is 17.7 Å². The molecule has 0 aliphatic rings. The molecule has 0 fully saturated rings. The summed E-state index contributed by atoms with van der Waals surface area (Å²) in [5.74, 6) is 0.509. The lowest BCUT2D eigenvalue weighted by atomic mass is 10.1. The van der Waals surface area contributed by atoms with Crippen LogP contribution >= 0.6 is 0 Å². The van der Waals surface area contributed by atoms with Gasteiger partial charge in [-0.05, 0) is 48.9 Å². The van der Waals surface area contributed by atoms with Gasteiger partial charge in [-0.1, -0.05) is 37.2 Å². The van der Waals surface area contributed by atoms with E-state index in [9.17, 15) is 9.59 Å². The Morgan fingerprint density at radius 3 is 2.50 bits per heavy atom. The maximum Gasteiger partial charge on any atom is 0.291 e. The summed E-state index contributed by atoms with van der Waals surface area (Å²) in [6, 6.07) is 15.4. The van der Waals surface area contributed by atoms with Gasteiger partial charge < -0.3 is 19.6 Å². The molecule has 8 heteroatoms. The third kappa shape index (κ3) is 4.44. The average Bonchev–Trinajstić information content (AvgIpc) is 3.48. The Hall–Kier alpha value is -4.20. The molecule has 8 nitrogen and oxygen atoms in total. The molecule has 2 heterocycles. The van der Waals surface area contributed by atoms with Crippen LogP contribution in [0.4, 0.5) is 11.4 Å². The number of amides is 2. The number of aromatic nitrogens is 2. The molecule has 0 bridgehead atoms. The maximum absolute atomic E-state index is 13.0. The summed E-state index contributed by atoms with van der Waals surface area (Å²) in [5, 5.41) is 9.68. The lowest BCUT2D eigenvalue weighted by molar-refractivity contribution is 0.0993. The summed E-state index contributed by atoms with van der Waals surface area (Å²) in [4.78, 5) is 29.7. The minimum absolute atomic E-state index is 0.120. The standard InChI is InChI=1S/C24H22N4O4/c1-14(2)21-27-24(32-28-21)18-10-4-7-15(3)20(18)26-22(29)16-8-5-9-17(13-16)25-23(30)19-11-6-12-31-19/h4-14H,1-3H3,(H,25,30)(H,26,29). The van der Waals surface area contributed by atoms with Crippen molar-refractivity contribution >= 4 is 23.2 Å². The molecule has 0 spiro atoms. The number of nitrogens with zero attached hydrogens (tertiary/aromatic N) is 2. The fraction of sp³-hybridized carbons (Fsp3) is 0.167. The predicted molar refractivity (Wildman–Crippen MR) is 120 cm³/mol. The molecule has 0 unspecified atom stereocenters. The topological polar surface area (TPSA) is 110 Å². The van der Waals surface area contributed by atoms with Gasteiger partial charge in [-0.2, -0.15) is 4.98 Å². The van der Waals surface area contributed by atoms with E-state index in [-0.39, 0.29) is 17.6 Å². The van der Waals surface area contributed by atoms with E-state index in [0.717, 1.165) is 5.56 Å². The van der Waals surface area contributed by atoms with Crippen molar-refractivity contribution in [2.45, 2.75) is 26.7 Å². The lowest BCUT2D eigenvalue weighted by Crippen LogP contribution is -2.15. The van der Waals surface area contributed by atoms with Gasteiger partial charge in [-0.25, -0.2) is 0 Å². The van der Waals surface area contributed by atoms with Crippen LogP contribution in [0.1, 0.15) is 52.1 Å². The molecule has 4 aromatic rings. The minimum Gasteiger partial charge on any atom is -0.459 e. The molecule has 32 heavy (non-hydrogen) atoms. The van der Waals surface area contributed by atoms with Crippen molar-refractivity contribution in [1.82, 2.24) is 10.1 Å². The highest BCUT2D eigenvalue weighted by molar-refractivity contribution is 6.08. The molecule has 0 aliphatic heterocycles. The molecule has 4 rings (SSSR count). The molecular formula is C24H22N4O4. The van der Waals surface area contributed by atoms with Gasteiger partial charge >= 0.3 is 0 Å². The second-order valence-corrected chi connectivity index (χ2v) is 7.58. The minimum atomic E-state index is -0.397. The third-order valence-corrected chi connectivity index (χ3v) is 4.83. The number of hydrogen-bond acceptors (Lipinski definition) is 6. The Labute approximate surface area is 184 Å². The molecule has 2 amide bonds. The van der Waals surface area contributed by atoms with E-state index in [0.29, 0.717) is 34.2 Å². The summed E-state index contributed by atoms with van der Waals surface area (Å²) in [6.45, 7) is 5.84. The zero-order valence-electron chi connectivity index (χ0n) is 17.9. The van der Waals surface area contributed by atoms with Gasteiger partial charge in [-0.15, -0.1) is 0 Å². The van der Waals surface area contributed by atoms with Gasteiger partial charge in [-0.3, -0.25) is 9.59 Å². The first-order valence-electron chi connectivity index (χ1n) is 10.1. The normalized spacial score (nSPS) is 10.9. The van der Waals surface area contributed by atoms with Crippen LogP contribution in [0.5, 0.6) is 0 Å². The van der Waals surface area contributed by atoms with Crippen molar-refractivity contribution in [1.29, 1.82) is 0 Å². The Morgan fingerprint density at radius 2 is 1.78 bits per heavy atom. The number of benzene rings is 2. The molecule has 2 aromatic carbocycles. The van der Waals surface area contributed by atoms with Gasteiger partial charge in [0.2, 0.25) is 0 Å². The molecular weight excluding hydrogens is 408 g/mol. The van der Waals surface area contributed by atoms with E-state index in [1.165, 1.54) is 6.26 Å². The van der Waals surface area contributed by atoms with Crippen molar-refractivity contribution in [2.24, 2.45) is 0 Å². The van der Waals surface area contributed by atoms with Crippen LogP contribution in [0.15, 0.2) is 69.8 Å². The molecule has 162 valence electrons. The Morgan fingerprint density at radius 1 is 0.969 bits per heavy atom. The lowest BCUT2D eigenvalue weighted by Gasteiger charge is -2.12. The quantitative estimate of drug-likeness (QED) is 0.431. The van der Waals surface area contributed by atoms with Crippen molar-refractivity contribution in [2.75, 3.05) is 10.6 Å². The van der Waals surface area contributed by atoms with E-state index >= 15 is 0 Å². The molecule has 0 saturated carbocycles.